The smallest absolute Gasteiger partial charge is 0.123 e. The molecule has 1 aliphatic rings. The Morgan fingerprint density at radius 3 is 3.05 bits per heavy atom. The van der Waals surface area contributed by atoms with Gasteiger partial charge < -0.3 is 9.84 Å². The first-order valence-corrected chi connectivity index (χ1v) is 8.38. The van der Waals surface area contributed by atoms with E-state index < -0.39 is 6.10 Å². The number of morpholine rings is 1. The van der Waals surface area contributed by atoms with Gasteiger partial charge in [0.1, 0.15) is 5.82 Å². The van der Waals surface area contributed by atoms with E-state index in [9.17, 15) is 9.50 Å². The van der Waals surface area contributed by atoms with Crippen LogP contribution in [0.25, 0.3) is 0 Å². The molecule has 1 N–H and O–H groups in total. The SMILES string of the molecule is OC(CC1COCCN1Cc1cccc(F)c1)c1cccs1. The van der Waals surface area contributed by atoms with Gasteiger partial charge in [-0.15, -0.1) is 11.3 Å². The number of aliphatic hydroxyl groups excluding tert-OH is 1. The zero-order valence-corrected chi connectivity index (χ0v) is 13.1. The highest BCUT2D eigenvalue weighted by Crippen LogP contribution is 2.26. The molecule has 1 aromatic carbocycles. The van der Waals surface area contributed by atoms with Crippen molar-refractivity contribution >= 4 is 11.3 Å². The first-order chi connectivity index (χ1) is 10.7. The van der Waals surface area contributed by atoms with Gasteiger partial charge in [0.15, 0.2) is 0 Å². The maximum absolute atomic E-state index is 13.3. The van der Waals surface area contributed by atoms with Crippen molar-refractivity contribution in [2.75, 3.05) is 19.8 Å². The predicted molar refractivity (Wildman–Crippen MR) is 85.3 cm³/mol. The average Bonchev–Trinajstić information content (AvgIpc) is 3.04. The van der Waals surface area contributed by atoms with E-state index in [1.165, 1.54) is 6.07 Å². The van der Waals surface area contributed by atoms with Crippen LogP contribution in [0.5, 0.6) is 0 Å². The van der Waals surface area contributed by atoms with Crippen molar-refractivity contribution in [2.24, 2.45) is 0 Å². The molecule has 0 saturated carbocycles. The monoisotopic (exact) mass is 321 g/mol. The van der Waals surface area contributed by atoms with Gasteiger partial charge in [-0.25, -0.2) is 4.39 Å². The number of halogens is 1. The quantitative estimate of drug-likeness (QED) is 0.918. The second kappa shape index (κ2) is 7.33. The molecule has 3 rings (SSSR count). The molecule has 0 aliphatic carbocycles. The molecule has 22 heavy (non-hydrogen) atoms. The van der Waals surface area contributed by atoms with Gasteiger partial charge in [-0.2, -0.15) is 0 Å². The molecular formula is C17H20FNO2S. The Bertz CT molecular complexity index is 590. The van der Waals surface area contributed by atoms with Gasteiger partial charge in [0.2, 0.25) is 0 Å². The zero-order valence-electron chi connectivity index (χ0n) is 12.3. The van der Waals surface area contributed by atoms with Gasteiger partial charge in [-0.1, -0.05) is 18.2 Å². The van der Waals surface area contributed by atoms with E-state index in [0.717, 1.165) is 17.0 Å². The average molecular weight is 321 g/mol. The van der Waals surface area contributed by atoms with Crippen molar-refractivity contribution in [1.82, 2.24) is 4.90 Å². The molecule has 1 aliphatic heterocycles. The lowest BCUT2D eigenvalue weighted by atomic mass is 10.0. The predicted octanol–water partition coefficient (Wildman–Crippen LogP) is 3.21. The van der Waals surface area contributed by atoms with Gasteiger partial charge in [0.25, 0.3) is 0 Å². The molecule has 3 nitrogen and oxygen atoms in total. The first-order valence-electron chi connectivity index (χ1n) is 7.50. The van der Waals surface area contributed by atoms with Crippen molar-refractivity contribution < 1.29 is 14.2 Å². The summed E-state index contributed by atoms with van der Waals surface area (Å²) in [6.07, 6.45) is 0.164. The Morgan fingerprint density at radius 1 is 1.36 bits per heavy atom. The second-order valence-electron chi connectivity index (χ2n) is 5.60. The topological polar surface area (TPSA) is 32.7 Å². The van der Waals surface area contributed by atoms with Gasteiger partial charge >= 0.3 is 0 Å². The Balaban J connectivity index is 1.66. The molecule has 1 fully saturated rings. The van der Waals surface area contributed by atoms with Crippen molar-refractivity contribution in [3.8, 4) is 0 Å². The highest BCUT2D eigenvalue weighted by atomic mass is 32.1. The number of aliphatic hydroxyl groups is 1. The number of hydrogen-bond donors (Lipinski definition) is 1. The molecule has 2 aromatic rings. The number of hydrogen-bond acceptors (Lipinski definition) is 4. The number of ether oxygens (including phenoxy) is 1. The molecule has 2 atom stereocenters. The summed E-state index contributed by atoms with van der Waals surface area (Å²) in [6, 6.07) is 10.8. The molecule has 1 saturated heterocycles. The summed E-state index contributed by atoms with van der Waals surface area (Å²) >= 11 is 1.57. The van der Waals surface area contributed by atoms with Crippen LogP contribution in [0.4, 0.5) is 4.39 Å². The van der Waals surface area contributed by atoms with E-state index in [1.54, 1.807) is 23.5 Å². The second-order valence-corrected chi connectivity index (χ2v) is 6.58. The van der Waals surface area contributed by atoms with E-state index >= 15 is 0 Å². The number of benzene rings is 1. The maximum Gasteiger partial charge on any atom is 0.123 e. The number of thiophene rings is 1. The molecule has 1 aromatic heterocycles. The Hall–Kier alpha value is -1.27. The fraction of sp³-hybridized carbons (Fsp3) is 0.412. The molecule has 5 heteroatoms. The van der Waals surface area contributed by atoms with E-state index in [-0.39, 0.29) is 11.9 Å². The van der Waals surface area contributed by atoms with Crippen LogP contribution in [-0.2, 0) is 11.3 Å². The van der Waals surface area contributed by atoms with Gasteiger partial charge in [-0.3, -0.25) is 4.90 Å². The van der Waals surface area contributed by atoms with Crippen LogP contribution >= 0.6 is 11.3 Å². The van der Waals surface area contributed by atoms with Crippen LogP contribution in [0.15, 0.2) is 41.8 Å². The van der Waals surface area contributed by atoms with E-state index in [4.69, 9.17) is 4.74 Å². The Kier molecular flexibility index (Phi) is 5.20. The fourth-order valence-electron chi connectivity index (χ4n) is 2.84. The minimum atomic E-state index is -0.471. The minimum Gasteiger partial charge on any atom is -0.388 e. The van der Waals surface area contributed by atoms with E-state index in [2.05, 4.69) is 4.90 Å². The molecule has 2 heterocycles. The van der Waals surface area contributed by atoms with Crippen LogP contribution in [0.3, 0.4) is 0 Å². The lowest BCUT2D eigenvalue weighted by molar-refractivity contribution is -0.0296. The van der Waals surface area contributed by atoms with Crippen LogP contribution in [0.2, 0.25) is 0 Å². The van der Waals surface area contributed by atoms with Gasteiger partial charge in [0.05, 0.1) is 19.3 Å². The lowest BCUT2D eigenvalue weighted by Gasteiger charge is -2.36. The highest BCUT2D eigenvalue weighted by Gasteiger charge is 2.26. The third kappa shape index (κ3) is 3.93. The normalized spacial score (nSPS) is 20.9. The molecule has 118 valence electrons. The van der Waals surface area contributed by atoms with Crippen molar-refractivity contribution in [1.29, 1.82) is 0 Å². The highest BCUT2D eigenvalue weighted by molar-refractivity contribution is 7.10. The Morgan fingerprint density at radius 2 is 2.27 bits per heavy atom. The first kappa shape index (κ1) is 15.6. The molecule has 0 spiro atoms. The van der Waals surface area contributed by atoms with Crippen LogP contribution in [0.1, 0.15) is 23.0 Å². The molecule has 2 unspecified atom stereocenters. The molecule has 0 radical (unpaired) electrons. The summed E-state index contributed by atoms with van der Waals surface area (Å²) in [5.74, 6) is -0.207. The maximum atomic E-state index is 13.3. The molecular weight excluding hydrogens is 301 g/mol. The van der Waals surface area contributed by atoms with Crippen LogP contribution < -0.4 is 0 Å². The summed E-state index contributed by atoms with van der Waals surface area (Å²) in [6.45, 7) is 2.78. The summed E-state index contributed by atoms with van der Waals surface area (Å²) in [4.78, 5) is 3.26. The summed E-state index contributed by atoms with van der Waals surface area (Å²) < 4.78 is 18.9. The van der Waals surface area contributed by atoms with Crippen molar-refractivity contribution in [3.05, 3.63) is 58.0 Å². The van der Waals surface area contributed by atoms with Crippen molar-refractivity contribution in [3.63, 3.8) is 0 Å². The zero-order chi connectivity index (χ0) is 15.4. The standard InChI is InChI=1S/C17H20FNO2S/c18-14-4-1-3-13(9-14)11-19-6-7-21-12-15(19)10-16(20)17-5-2-8-22-17/h1-5,8-9,15-16,20H,6-7,10-12H2. The fourth-order valence-corrected chi connectivity index (χ4v) is 3.56. The molecule has 0 amide bonds. The summed E-state index contributed by atoms with van der Waals surface area (Å²) in [5, 5.41) is 12.3. The lowest BCUT2D eigenvalue weighted by Crippen LogP contribution is -2.45. The third-order valence-electron chi connectivity index (χ3n) is 3.99. The van der Waals surface area contributed by atoms with Gasteiger partial charge in [0, 0.05) is 24.0 Å². The van der Waals surface area contributed by atoms with Crippen LogP contribution in [0, 0.1) is 5.82 Å². The van der Waals surface area contributed by atoms with Crippen LogP contribution in [-0.4, -0.2) is 35.8 Å². The Labute approximate surface area is 134 Å². The number of nitrogens with zero attached hydrogens (tertiary/aromatic N) is 1. The van der Waals surface area contributed by atoms with E-state index in [0.29, 0.717) is 26.2 Å². The largest absolute Gasteiger partial charge is 0.388 e. The minimum absolute atomic E-state index is 0.147. The van der Waals surface area contributed by atoms with E-state index in [1.807, 2.05) is 23.6 Å². The third-order valence-corrected chi connectivity index (χ3v) is 4.96. The molecule has 0 bridgehead atoms. The summed E-state index contributed by atoms with van der Waals surface area (Å²) in [7, 11) is 0. The van der Waals surface area contributed by atoms with Crippen molar-refractivity contribution in [2.45, 2.75) is 25.1 Å². The summed E-state index contributed by atoms with van der Waals surface area (Å²) in [5.41, 5.74) is 0.956. The van der Waals surface area contributed by atoms with Gasteiger partial charge in [-0.05, 0) is 35.6 Å². The number of rotatable bonds is 5.